The smallest absolute Gasteiger partial charge is 0.165 e. The van der Waals surface area contributed by atoms with Crippen molar-refractivity contribution in [3.8, 4) is 6.07 Å². The van der Waals surface area contributed by atoms with E-state index in [1.165, 1.54) is 11.8 Å². The molecule has 0 atom stereocenters. The third kappa shape index (κ3) is 4.02. The maximum Gasteiger partial charge on any atom is 0.165 e. The third-order valence-electron chi connectivity index (χ3n) is 2.50. The van der Waals surface area contributed by atoms with Crippen LogP contribution in [0, 0.1) is 11.3 Å². The molecule has 0 radical (unpaired) electrons. The Morgan fingerprint density at radius 2 is 2.00 bits per heavy atom. The van der Waals surface area contributed by atoms with Crippen LogP contribution in [0.15, 0.2) is 53.5 Å². The predicted molar refractivity (Wildman–Crippen MR) is 86.8 cm³/mol. The monoisotopic (exact) mass is 301 g/mol. The summed E-state index contributed by atoms with van der Waals surface area (Å²) in [6, 6.07) is 16.7. The van der Waals surface area contributed by atoms with E-state index >= 15 is 0 Å². The molecule has 0 aliphatic heterocycles. The molecule has 0 heterocycles. The van der Waals surface area contributed by atoms with Crippen molar-refractivity contribution in [2.75, 3.05) is 11.6 Å². The van der Waals surface area contributed by atoms with E-state index in [1.807, 2.05) is 42.7 Å². The van der Waals surface area contributed by atoms with Crippen molar-refractivity contribution in [2.24, 2.45) is 4.99 Å². The molecule has 0 saturated carbocycles. The van der Waals surface area contributed by atoms with Crippen LogP contribution < -0.4 is 5.32 Å². The standard InChI is InChI=1S/C15H12ClN3S/c1-20-15(19-14-4-2-3-12(16)9-14)18-13-7-5-11(10-17)6-8-13/h2-9H,1H3,(H,18,19). The van der Waals surface area contributed by atoms with Crippen LogP contribution in [0.3, 0.4) is 0 Å². The number of rotatable bonds is 2. The number of thioether (sulfide) groups is 1. The summed E-state index contributed by atoms with van der Waals surface area (Å²) < 4.78 is 0. The van der Waals surface area contributed by atoms with E-state index in [2.05, 4.69) is 16.4 Å². The highest BCUT2D eigenvalue weighted by Gasteiger charge is 2.00. The van der Waals surface area contributed by atoms with Gasteiger partial charge in [-0.15, -0.1) is 0 Å². The Bertz CT molecular complexity index is 660. The number of nitrogens with zero attached hydrogens (tertiary/aromatic N) is 2. The maximum absolute atomic E-state index is 8.76. The van der Waals surface area contributed by atoms with Gasteiger partial charge in [-0.25, -0.2) is 4.99 Å². The van der Waals surface area contributed by atoms with Gasteiger partial charge in [0.2, 0.25) is 0 Å². The number of halogens is 1. The van der Waals surface area contributed by atoms with Gasteiger partial charge in [-0.3, -0.25) is 0 Å². The average Bonchev–Trinajstić information content (AvgIpc) is 2.47. The van der Waals surface area contributed by atoms with Gasteiger partial charge in [0.15, 0.2) is 5.17 Å². The number of amidine groups is 1. The summed E-state index contributed by atoms with van der Waals surface area (Å²) in [6.07, 6.45) is 1.94. The van der Waals surface area contributed by atoms with Gasteiger partial charge >= 0.3 is 0 Å². The van der Waals surface area contributed by atoms with Gasteiger partial charge in [0.05, 0.1) is 17.3 Å². The van der Waals surface area contributed by atoms with E-state index in [1.54, 1.807) is 12.1 Å². The first-order chi connectivity index (χ1) is 9.71. The van der Waals surface area contributed by atoms with E-state index in [9.17, 15) is 0 Å². The van der Waals surface area contributed by atoms with Crippen molar-refractivity contribution < 1.29 is 0 Å². The molecule has 2 rings (SSSR count). The van der Waals surface area contributed by atoms with Crippen molar-refractivity contribution in [3.63, 3.8) is 0 Å². The molecule has 0 saturated heterocycles. The first-order valence-corrected chi connectivity index (χ1v) is 7.47. The summed E-state index contributed by atoms with van der Waals surface area (Å²) >= 11 is 7.45. The van der Waals surface area contributed by atoms with E-state index < -0.39 is 0 Å². The molecule has 0 aliphatic carbocycles. The van der Waals surface area contributed by atoms with Crippen molar-refractivity contribution >= 4 is 39.9 Å². The lowest BCUT2D eigenvalue weighted by Crippen LogP contribution is -2.06. The molecular weight excluding hydrogens is 290 g/mol. The van der Waals surface area contributed by atoms with Gasteiger partial charge in [0.1, 0.15) is 0 Å². The van der Waals surface area contributed by atoms with Crippen LogP contribution in [0.25, 0.3) is 0 Å². The Kier molecular flexibility index (Phi) is 5.05. The SMILES string of the molecule is CS/C(=N\c1ccc(C#N)cc1)Nc1cccc(Cl)c1. The van der Waals surface area contributed by atoms with Crippen LogP contribution >= 0.6 is 23.4 Å². The molecule has 0 aliphatic rings. The largest absolute Gasteiger partial charge is 0.335 e. The fourth-order valence-corrected chi connectivity index (χ4v) is 2.15. The van der Waals surface area contributed by atoms with Gasteiger partial charge in [0.25, 0.3) is 0 Å². The van der Waals surface area contributed by atoms with E-state index in [0.717, 1.165) is 16.5 Å². The Balaban J connectivity index is 2.18. The predicted octanol–water partition coefficient (Wildman–Crippen LogP) is 4.67. The summed E-state index contributed by atoms with van der Waals surface area (Å²) in [7, 11) is 0. The van der Waals surface area contributed by atoms with Gasteiger partial charge in [0, 0.05) is 10.7 Å². The van der Waals surface area contributed by atoms with Crippen LogP contribution in [0.1, 0.15) is 5.56 Å². The molecule has 100 valence electrons. The number of nitriles is 1. The van der Waals surface area contributed by atoms with Crippen molar-refractivity contribution in [1.82, 2.24) is 0 Å². The summed E-state index contributed by atoms with van der Waals surface area (Å²) in [5, 5.41) is 13.4. The number of hydrogen-bond acceptors (Lipinski definition) is 3. The quantitative estimate of drug-likeness (QED) is 0.647. The fourth-order valence-electron chi connectivity index (χ4n) is 1.54. The van der Waals surface area contributed by atoms with Crippen LogP contribution in [-0.2, 0) is 0 Å². The molecule has 0 spiro atoms. The summed E-state index contributed by atoms with van der Waals surface area (Å²) in [4.78, 5) is 4.49. The van der Waals surface area contributed by atoms with Crippen LogP contribution in [0.4, 0.5) is 11.4 Å². The van der Waals surface area contributed by atoms with Gasteiger partial charge in [-0.1, -0.05) is 29.4 Å². The normalized spacial score (nSPS) is 10.9. The second kappa shape index (κ2) is 6.99. The molecule has 5 heteroatoms. The van der Waals surface area contributed by atoms with Crippen LogP contribution in [0.5, 0.6) is 0 Å². The van der Waals surface area contributed by atoms with E-state index in [-0.39, 0.29) is 0 Å². The zero-order valence-corrected chi connectivity index (χ0v) is 12.4. The molecule has 3 nitrogen and oxygen atoms in total. The highest BCUT2D eigenvalue weighted by molar-refractivity contribution is 8.13. The molecule has 2 aromatic rings. The molecule has 0 unspecified atom stereocenters. The number of nitrogens with one attached hydrogen (secondary N) is 1. The van der Waals surface area contributed by atoms with E-state index in [0.29, 0.717) is 10.6 Å². The number of anilines is 1. The lowest BCUT2D eigenvalue weighted by Gasteiger charge is -2.07. The zero-order valence-electron chi connectivity index (χ0n) is 10.8. The maximum atomic E-state index is 8.76. The number of hydrogen-bond donors (Lipinski definition) is 1. The molecule has 20 heavy (non-hydrogen) atoms. The lowest BCUT2D eigenvalue weighted by molar-refractivity contribution is 1.46. The average molecular weight is 302 g/mol. The summed E-state index contributed by atoms with van der Waals surface area (Å²) in [5.74, 6) is 0. The Labute approximate surface area is 127 Å². The molecule has 0 amide bonds. The first-order valence-electron chi connectivity index (χ1n) is 5.86. The van der Waals surface area contributed by atoms with Gasteiger partial charge < -0.3 is 5.32 Å². The number of aliphatic imine (C=N–C) groups is 1. The summed E-state index contributed by atoms with van der Waals surface area (Å²) in [5.41, 5.74) is 2.31. The van der Waals surface area contributed by atoms with Crippen LogP contribution in [-0.4, -0.2) is 11.4 Å². The highest BCUT2D eigenvalue weighted by atomic mass is 35.5. The molecule has 0 aromatic heterocycles. The Morgan fingerprint density at radius 3 is 2.60 bits per heavy atom. The lowest BCUT2D eigenvalue weighted by atomic mass is 10.2. The highest BCUT2D eigenvalue weighted by Crippen LogP contribution is 2.19. The minimum Gasteiger partial charge on any atom is -0.335 e. The molecule has 0 bridgehead atoms. The van der Waals surface area contributed by atoms with Crippen molar-refractivity contribution in [3.05, 3.63) is 59.1 Å². The number of benzene rings is 2. The van der Waals surface area contributed by atoms with Gasteiger partial charge in [-0.05, 0) is 48.7 Å². The fraction of sp³-hybridized carbons (Fsp3) is 0.0667. The van der Waals surface area contributed by atoms with Gasteiger partial charge in [-0.2, -0.15) is 5.26 Å². The Hall–Kier alpha value is -1.96. The van der Waals surface area contributed by atoms with Crippen molar-refractivity contribution in [1.29, 1.82) is 5.26 Å². The molecule has 1 N–H and O–H groups in total. The zero-order chi connectivity index (χ0) is 14.4. The van der Waals surface area contributed by atoms with E-state index in [4.69, 9.17) is 16.9 Å². The van der Waals surface area contributed by atoms with Crippen molar-refractivity contribution in [2.45, 2.75) is 0 Å². The first kappa shape index (κ1) is 14.4. The molecule has 2 aromatic carbocycles. The Morgan fingerprint density at radius 1 is 1.25 bits per heavy atom. The minimum atomic E-state index is 0.623. The van der Waals surface area contributed by atoms with Crippen LogP contribution in [0.2, 0.25) is 5.02 Å². The molecule has 0 fully saturated rings. The topological polar surface area (TPSA) is 48.2 Å². The summed E-state index contributed by atoms with van der Waals surface area (Å²) in [6.45, 7) is 0. The minimum absolute atomic E-state index is 0.623. The second-order valence-corrected chi connectivity index (χ2v) is 5.15. The molecular formula is C15H12ClN3S. The second-order valence-electron chi connectivity index (χ2n) is 3.92. The third-order valence-corrected chi connectivity index (χ3v) is 3.31.